The number of ether oxygens (including phenoxy) is 1. The summed E-state index contributed by atoms with van der Waals surface area (Å²) in [6.45, 7) is 6.48. The van der Waals surface area contributed by atoms with E-state index in [9.17, 15) is 36.6 Å². The van der Waals surface area contributed by atoms with Gasteiger partial charge in [0.05, 0.1) is 35.4 Å². The molecule has 3 heterocycles. The Labute approximate surface area is 482 Å². The van der Waals surface area contributed by atoms with Crippen molar-refractivity contribution in [3.8, 4) is 17.6 Å². The lowest BCUT2D eigenvalue weighted by Gasteiger charge is -2.31. The quantitative estimate of drug-likeness (QED) is 0.0174. The second-order valence-electron chi connectivity index (χ2n) is 21.4. The molecule has 15 nitrogen and oxygen atoms in total. The molecule has 436 valence electrons. The molecule has 0 spiro atoms. The monoisotopic (exact) mass is 1160 g/mol. The summed E-state index contributed by atoms with van der Waals surface area (Å²) < 4.78 is 63.9. The van der Waals surface area contributed by atoms with Crippen molar-refractivity contribution >= 4 is 74.8 Å². The smallest absolute Gasteiger partial charge is 0.406 e. The summed E-state index contributed by atoms with van der Waals surface area (Å²) in [6, 6.07) is 23.2. The number of methoxy groups -OCH3 is 1. The molecule has 0 aliphatic carbocycles. The number of piperidine rings is 2. The van der Waals surface area contributed by atoms with Crippen molar-refractivity contribution < 1.29 is 41.3 Å². The molecule has 2 aliphatic heterocycles. The van der Waals surface area contributed by atoms with E-state index in [2.05, 4.69) is 45.1 Å². The van der Waals surface area contributed by atoms with Crippen LogP contribution in [-0.2, 0) is 45.0 Å². The van der Waals surface area contributed by atoms with Gasteiger partial charge in [0, 0.05) is 79.9 Å². The first-order chi connectivity index (χ1) is 38.9. The third-order valence-electron chi connectivity index (χ3n) is 15.1. The largest absolute Gasteiger partial charge is 0.495 e. The van der Waals surface area contributed by atoms with E-state index in [-0.39, 0.29) is 43.7 Å². The van der Waals surface area contributed by atoms with Gasteiger partial charge in [-0.1, -0.05) is 92.8 Å². The fraction of sp³-hybridized carbons (Fsp3) is 0.475. The van der Waals surface area contributed by atoms with Crippen molar-refractivity contribution in [1.82, 2.24) is 28.9 Å². The summed E-state index contributed by atoms with van der Waals surface area (Å²) in [5.41, 5.74) is 6.38. The number of alkyl halides is 3. The number of anilines is 3. The zero-order valence-corrected chi connectivity index (χ0v) is 48.8. The summed E-state index contributed by atoms with van der Waals surface area (Å²) in [7, 11) is 4.03. The number of carbonyl (C=O) groups excluding carboxylic acids is 4. The van der Waals surface area contributed by atoms with Crippen molar-refractivity contribution in [1.29, 1.82) is 0 Å². The minimum Gasteiger partial charge on any atom is -0.495 e. The van der Waals surface area contributed by atoms with E-state index in [0.29, 0.717) is 64.0 Å². The van der Waals surface area contributed by atoms with Gasteiger partial charge in [-0.2, -0.15) is 13.2 Å². The molecule has 2 saturated heterocycles. The summed E-state index contributed by atoms with van der Waals surface area (Å²) >= 11 is 6.39. The molecule has 7 rings (SSSR count). The molecule has 81 heavy (non-hydrogen) atoms. The Hall–Kier alpha value is -6.59. The molecule has 1 aromatic heterocycles. The molecule has 2 aliphatic rings. The van der Waals surface area contributed by atoms with Crippen LogP contribution >= 0.6 is 11.6 Å². The molecule has 1 atom stereocenters. The lowest BCUT2D eigenvalue weighted by molar-refractivity contribution is -0.140. The lowest BCUT2D eigenvalue weighted by atomic mass is 10.0. The lowest BCUT2D eigenvalue weighted by Crippen LogP contribution is -2.47. The van der Waals surface area contributed by atoms with Crippen molar-refractivity contribution in [2.75, 3.05) is 69.9 Å². The number of carbonyl (C=O) groups is 4. The average molecular weight is 1160 g/mol. The number of hydrogen-bond acceptors (Lipinski definition) is 9. The van der Waals surface area contributed by atoms with Gasteiger partial charge in [-0.15, -0.1) is 0 Å². The molecule has 5 amide bonds. The van der Waals surface area contributed by atoms with E-state index < -0.39 is 41.6 Å². The van der Waals surface area contributed by atoms with Crippen LogP contribution in [0.15, 0.2) is 83.8 Å². The van der Waals surface area contributed by atoms with E-state index >= 15 is 0 Å². The second kappa shape index (κ2) is 29.9. The molecule has 2 fully saturated rings. The van der Waals surface area contributed by atoms with Crippen LogP contribution in [0.3, 0.4) is 0 Å². The number of hydrogen-bond donors (Lipinski definition) is 4. The number of rotatable bonds is 27. The number of fused-ring (bicyclic) bond motifs is 1. The Morgan fingerprint density at radius 2 is 1.54 bits per heavy atom. The number of halogens is 4. The van der Waals surface area contributed by atoms with Gasteiger partial charge in [-0.05, 0) is 136 Å². The molecule has 5 aromatic rings. The van der Waals surface area contributed by atoms with Crippen LogP contribution in [0, 0.1) is 25.7 Å². The zero-order chi connectivity index (χ0) is 58.1. The average Bonchev–Trinajstić information content (AvgIpc) is 4.03. The second-order valence-corrected chi connectivity index (χ2v) is 23.4. The highest BCUT2D eigenvalue weighted by atomic mass is 35.5. The molecule has 20 heteroatoms. The number of aryl methyl sites for hydroxylation is 2. The van der Waals surface area contributed by atoms with E-state index in [0.717, 1.165) is 112 Å². The van der Waals surface area contributed by atoms with E-state index in [1.54, 1.807) is 47.4 Å². The van der Waals surface area contributed by atoms with Crippen LogP contribution in [0.25, 0.3) is 10.9 Å². The number of likely N-dealkylation sites (tertiary alicyclic amines) is 1. The van der Waals surface area contributed by atoms with Gasteiger partial charge in [0.15, 0.2) is 0 Å². The van der Waals surface area contributed by atoms with E-state index in [4.69, 9.17) is 16.3 Å². The molecule has 0 bridgehead atoms. The van der Waals surface area contributed by atoms with Gasteiger partial charge in [0.2, 0.25) is 18.2 Å². The maximum atomic E-state index is 13.9. The topological polar surface area (TPSA) is 161 Å². The fourth-order valence-electron chi connectivity index (χ4n) is 10.4. The van der Waals surface area contributed by atoms with Crippen LogP contribution in [0.2, 0.25) is 5.02 Å². The molecule has 1 unspecified atom stereocenters. The number of imide groups is 1. The Kier molecular flexibility index (Phi) is 22.9. The highest BCUT2D eigenvalue weighted by Gasteiger charge is 2.31. The third kappa shape index (κ3) is 18.5. The minimum absolute atomic E-state index is 0.0549. The third-order valence-corrected chi connectivity index (χ3v) is 16.9. The van der Waals surface area contributed by atoms with Gasteiger partial charge >= 0.3 is 12.2 Å². The first-order valence-corrected chi connectivity index (χ1v) is 29.5. The first kappa shape index (κ1) is 62.0. The normalized spacial score (nSPS) is 14.8. The summed E-state index contributed by atoms with van der Waals surface area (Å²) in [5.74, 6) is 5.66. The Balaban J connectivity index is 0.831. The fourth-order valence-corrected chi connectivity index (χ4v) is 11.6. The van der Waals surface area contributed by atoms with Gasteiger partial charge in [-0.3, -0.25) is 19.7 Å². The SMILES string of the molecule is COc1cc(S(=O)N(C)CCCCCCCCCCCN(Cc2ccc(C)c(CN(C=O)C3CC(=O)NC(=O)C3)c2)C(=O)Nc2ccc(C)c(Cl)c2)ccc1NCC#Cc1cc2c(NC3CCN(C)CC3)cccc2n1CC(F)(F)F. The molecular formula is C61H77ClF3N9O6S. The van der Waals surface area contributed by atoms with Crippen LogP contribution in [0.5, 0.6) is 5.75 Å². The maximum absolute atomic E-state index is 13.9. The van der Waals surface area contributed by atoms with Crippen molar-refractivity contribution in [2.45, 2.75) is 140 Å². The van der Waals surface area contributed by atoms with E-state index in [1.807, 2.05) is 61.6 Å². The Morgan fingerprint density at radius 3 is 2.21 bits per heavy atom. The predicted octanol–water partition coefficient (Wildman–Crippen LogP) is 11.4. The number of unbranched alkanes of at least 4 members (excludes halogenated alkanes) is 8. The highest BCUT2D eigenvalue weighted by Crippen LogP contribution is 2.32. The summed E-state index contributed by atoms with van der Waals surface area (Å²) in [5, 5.41) is 13.4. The number of aromatic nitrogens is 1. The van der Waals surface area contributed by atoms with Crippen LogP contribution < -0.4 is 26.0 Å². The van der Waals surface area contributed by atoms with Gasteiger partial charge < -0.3 is 40.0 Å². The molecule has 4 N–H and O–H groups in total. The van der Waals surface area contributed by atoms with E-state index in [1.165, 1.54) is 16.6 Å². The Bertz CT molecular complexity index is 3050. The van der Waals surface area contributed by atoms with Crippen molar-refractivity contribution in [2.24, 2.45) is 0 Å². The maximum Gasteiger partial charge on any atom is 0.406 e. The number of urea groups is 1. The number of benzene rings is 4. The van der Waals surface area contributed by atoms with Crippen LogP contribution in [0.4, 0.5) is 35.0 Å². The number of nitrogens with zero attached hydrogens (tertiary/aromatic N) is 5. The van der Waals surface area contributed by atoms with Crippen LogP contribution in [-0.4, -0.2) is 124 Å². The molecular weight excluding hydrogens is 1080 g/mol. The molecule has 0 saturated carbocycles. The molecule has 4 aromatic carbocycles. The number of amides is 5. The predicted molar refractivity (Wildman–Crippen MR) is 316 cm³/mol. The standard InChI is InChI=1S/C61H77ClF3N9O6S/c1-43-20-22-45(33-46(43)40-73(42-75)50-36-58(76)69-59(77)37-50)39-72(60(78)68-48-23-21-44(2)53(62)34-48)30-14-12-10-8-6-7-9-11-13-29-71(4)81(79)51-24-25-55(57(38-51)80-5)66-28-16-17-49-35-52-54(67-47-26-31-70(3)32-27-47)18-15-19-56(52)74(49)41-61(63,64)65/h15,18-25,33-35,38,42,47,50,66-67H,6-14,26-32,36-37,39-41H2,1-5H3,(H,68,78)(H,69,76,77). The van der Waals surface area contributed by atoms with Gasteiger partial charge in [-0.25, -0.2) is 13.3 Å². The summed E-state index contributed by atoms with van der Waals surface area (Å²) in [4.78, 5) is 56.3. The van der Waals surface area contributed by atoms with Crippen molar-refractivity contribution in [3.63, 3.8) is 0 Å². The minimum atomic E-state index is -4.43. The van der Waals surface area contributed by atoms with Crippen molar-refractivity contribution in [3.05, 3.63) is 112 Å². The Morgan fingerprint density at radius 1 is 0.864 bits per heavy atom. The number of nitrogens with one attached hydrogen (secondary N) is 4. The zero-order valence-electron chi connectivity index (χ0n) is 47.2. The highest BCUT2D eigenvalue weighted by molar-refractivity contribution is 7.82. The first-order valence-electron chi connectivity index (χ1n) is 28.0. The summed E-state index contributed by atoms with van der Waals surface area (Å²) in [6.07, 6.45) is 7.27. The van der Waals surface area contributed by atoms with Crippen LogP contribution in [0.1, 0.15) is 111 Å². The molecule has 0 radical (unpaired) electrons. The van der Waals surface area contributed by atoms with Gasteiger partial charge in [0.25, 0.3) is 0 Å². The van der Waals surface area contributed by atoms with Gasteiger partial charge in [0.1, 0.15) is 23.3 Å².